The minimum absolute atomic E-state index is 0.149. The lowest BCUT2D eigenvalue weighted by Gasteiger charge is -2.37. The van der Waals surface area contributed by atoms with Gasteiger partial charge in [-0.2, -0.15) is 0 Å². The Morgan fingerprint density at radius 1 is 1.43 bits per heavy atom. The fourth-order valence-electron chi connectivity index (χ4n) is 2.49. The van der Waals surface area contributed by atoms with Crippen LogP contribution >= 0.6 is 11.6 Å². The number of alkyl halides is 2. The Kier molecular flexibility index (Phi) is 5.16. The fraction of sp³-hybridized carbons (Fsp3) is 0.625. The van der Waals surface area contributed by atoms with E-state index in [1.807, 2.05) is 0 Å². The molecule has 1 saturated heterocycles. The second-order valence-electron chi connectivity index (χ2n) is 6.78. The first-order valence-corrected chi connectivity index (χ1v) is 7.99. The number of aliphatic hydroxyl groups is 1. The molecule has 23 heavy (non-hydrogen) atoms. The van der Waals surface area contributed by atoms with E-state index in [0.717, 1.165) is 0 Å². The molecule has 2 rings (SSSR count). The molecule has 0 spiro atoms. The van der Waals surface area contributed by atoms with Gasteiger partial charge in [0.25, 0.3) is 0 Å². The van der Waals surface area contributed by atoms with Crippen LogP contribution in [0.3, 0.4) is 0 Å². The van der Waals surface area contributed by atoms with Crippen LogP contribution in [0.4, 0.5) is 9.18 Å². The summed E-state index contributed by atoms with van der Waals surface area (Å²) in [6, 6.07) is 1.52. The van der Waals surface area contributed by atoms with Crippen LogP contribution in [0.2, 0.25) is 0 Å². The average molecular weight is 345 g/mol. The minimum atomic E-state index is -1.59. The molecule has 1 aromatic heterocycles. The number of rotatable bonds is 2. The zero-order valence-corrected chi connectivity index (χ0v) is 14.3. The van der Waals surface area contributed by atoms with Gasteiger partial charge in [0.1, 0.15) is 11.3 Å². The van der Waals surface area contributed by atoms with Crippen molar-refractivity contribution < 1.29 is 19.0 Å². The van der Waals surface area contributed by atoms with Gasteiger partial charge >= 0.3 is 6.09 Å². The lowest BCUT2D eigenvalue weighted by Crippen LogP contribution is -2.45. The fourth-order valence-corrected chi connectivity index (χ4v) is 2.61. The Bertz CT molecular complexity index is 567. The standard InChI is InChI=1S/C16H22ClFN2O3/c1-15(2,3)23-14(22)20-6-4-16(18,5-7-20)12-8-11(13(17)21)9-19-10-12/h8-10,13,21H,4-7H2,1-3H3. The quantitative estimate of drug-likeness (QED) is 0.834. The summed E-state index contributed by atoms with van der Waals surface area (Å²) in [6.45, 7) is 5.91. The number of hydrogen-bond donors (Lipinski definition) is 1. The molecule has 0 aliphatic carbocycles. The monoisotopic (exact) mass is 344 g/mol. The number of likely N-dealkylation sites (tertiary alicyclic amines) is 1. The molecule has 128 valence electrons. The average Bonchev–Trinajstić information content (AvgIpc) is 2.46. The molecule has 0 bridgehead atoms. The molecular weight excluding hydrogens is 323 g/mol. The smallest absolute Gasteiger partial charge is 0.410 e. The first-order chi connectivity index (χ1) is 10.6. The summed E-state index contributed by atoms with van der Waals surface area (Å²) in [5, 5.41) is 9.39. The van der Waals surface area contributed by atoms with Gasteiger partial charge in [0.15, 0.2) is 5.56 Å². The van der Waals surface area contributed by atoms with Gasteiger partial charge in [-0.25, -0.2) is 9.18 Å². The summed E-state index contributed by atoms with van der Waals surface area (Å²) >= 11 is 5.61. The van der Waals surface area contributed by atoms with Crippen LogP contribution in [-0.2, 0) is 10.4 Å². The van der Waals surface area contributed by atoms with Gasteiger partial charge in [-0.15, -0.1) is 0 Å². The highest BCUT2D eigenvalue weighted by Gasteiger charge is 2.39. The van der Waals surface area contributed by atoms with Gasteiger partial charge in [0.2, 0.25) is 0 Å². The molecule has 7 heteroatoms. The Morgan fingerprint density at radius 3 is 2.57 bits per heavy atom. The third-order valence-electron chi connectivity index (χ3n) is 3.76. The number of carbonyl (C=O) groups excluding carboxylic acids is 1. The number of ether oxygens (including phenoxy) is 1. The summed E-state index contributed by atoms with van der Waals surface area (Å²) < 4.78 is 20.5. The van der Waals surface area contributed by atoms with E-state index in [0.29, 0.717) is 11.1 Å². The van der Waals surface area contributed by atoms with Gasteiger partial charge in [0, 0.05) is 49.5 Å². The van der Waals surface area contributed by atoms with Crippen molar-refractivity contribution in [2.75, 3.05) is 13.1 Å². The molecule has 0 radical (unpaired) electrons. The third-order valence-corrected chi connectivity index (χ3v) is 4.01. The van der Waals surface area contributed by atoms with E-state index in [9.17, 15) is 9.90 Å². The Balaban J connectivity index is 2.05. The summed E-state index contributed by atoms with van der Waals surface area (Å²) in [6.07, 6.45) is 2.71. The second-order valence-corrected chi connectivity index (χ2v) is 7.19. The Morgan fingerprint density at radius 2 is 2.04 bits per heavy atom. The van der Waals surface area contributed by atoms with Crippen molar-refractivity contribution in [3.63, 3.8) is 0 Å². The topological polar surface area (TPSA) is 62.7 Å². The number of piperidine rings is 1. The Labute approximate surface area is 140 Å². The number of amides is 1. The van der Waals surface area contributed by atoms with Crippen molar-refractivity contribution in [2.24, 2.45) is 0 Å². The lowest BCUT2D eigenvalue weighted by molar-refractivity contribution is 0.00211. The van der Waals surface area contributed by atoms with Crippen molar-refractivity contribution in [3.05, 3.63) is 29.6 Å². The van der Waals surface area contributed by atoms with Gasteiger partial charge in [-0.3, -0.25) is 4.98 Å². The number of halogens is 2. The molecule has 0 aromatic carbocycles. The van der Waals surface area contributed by atoms with Crippen LogP contribution < -0.4 is 0 Å². The van der Waals surface area contributed by atoms with E-state index >= 15 is 4.39 Å². The molecule has 1 amide bonds. The summed E-state index contributed by atoms with van der Waals surface area (Å²) in [5.41, 5.74) is -2.65. The van der Waals surface area contributed by atoms with Crippen molar-refractivity contribution >= 4 is 17.7 Å². The molecule has 0 saturated carbocycles. The van der Waals surface area contributed by atoms with Crippen LogP contribution in [0, 0.1) is 0 Å². The van der Waals surface area contributed by atoms with Gasteiger partial charge in [-0.1, -0.05) is 11.6 Å². The molecule has 1 atom stereocenters. The van der Waals surface area contributed by atoms with Crippen LogP contribution in [0.5, 0.6) is 0 Å². The molecular formula is C16H22ClFN2O3. The van der Waals surface area contributed by atoms with Crippen LogP contribution in [0.15, 0.2) is 18.5 Å². The van der Waals surface area contributed by atoms with E-state index < -0.39 is 22.9 Å². The van der Waals surface area contributed by atoms with E-state index in [2.05, 4.69) is 4.98 Å². The molecule has 1 unspecified atom stereocenters. The largest absolute Gasteiger partial charge is 0.444 e. The van der Waals surface area contributed by atoms with Crippen molar-refractivity contribution in [1.82, 2.24) is 9.88 Å². The predicted molar refractivity (Wildman–Crippen MR) is 84.9 cm³/mol. The number of carbonyl (C=O) groups is 1. The van der Waals surface area contributed by atoms with Gasteiger partial charge in [-0.05, 0) is 26.8 Å². The van der Waals surface area contributed by atoms with Crippen molar-refractivity contribution in [3.8, 4) is 0 Å². The third kappa shape index (κ3) is 4.54. The van der Waals surface area contributed by atoms with E-state index in [-0.39, 0.29) is 25.9 Å². The SMILES string of the molecule is CC(C)(C)OC(=O)N1CCC(F)(c2cncc(C(O)Cl)c2)CC1. The molecule has 1 N–H and O–H groups in total. The zero-order chi connectivity index (χ0) is 17.3. The first kappa shape index (κ1) is 17.9. The summed E-state index contributed by atoms with van der Waals surface area (Å²) in [5.74, 6) is 0. The maximum absolute atomic E-state index is 15.2. The first-order valence-electron chi connectivity index (χ1n) is 7.55. The number of nitrogens with zero attached hydrogens (tertiary/aromatic N) is 2. The summed E-state index contributed by atoms with van der Waals surface area (Å²) in [4.78, 5) is 17.5. The van der Waals surface area contributed by atoms with Gasteiger partial charge < -0.3 is 14.7 Å². The normalized spacial score (nSPS) is 19.3. The molecule has 5 nitrogen and oxygen atoms in total. The lowest BCUT2D eigenvalue weighted by atomic mass is 9.86. The van der Waals surface area contributed by atoms with Crippen LogP contribution in [0.25, 0.3) is 0 Å². The van der Waals surface area contributed by atoms with E-state index in [1.54, 1.807) is 20.8 Å². The van der Waals surface area contributed by atoms with Crippen molar-refractivity contribution in [1.29, 1.82) is 0 Å². The highest BCUT2D eigenvalue weighted by atomic mass is 35.5. The highest BCUT2D eigenvalue weighted by molar-refractivity contribution is 6.19. The van der Waals surface area contributed by atoms with Crippen molar-refractivity contribution in [2.45, 2.75) is 50.4 Å². The van der Waals surface area contributed by atoms with Gasteiger partial charge in [0.05, 0.1) is 0 Å². The number of aromatic nitrogens is 1. The maximum Gasteiger partial charge on any atom is 0.410 e. The molecule has 1 aromatic rings. The van der Waals surface area contributed by atoms with Crippen LogP contribution in [0.1, 0.15) is 50.3 Å². The molecule has 1 aliphatic rings. The molecule has 1 fully saturated rings. The number of hydrogen-bond acceptors (Lipinski definition) is 4. The zero-order valence-electron chi connectivity index (χ0n) is 13.6. The number of aliphatic hydroxyl groups excluding tert-OH is 1. The number of pyridine rings is 1. The highest BCUT2D eigenvalue weighted by Crippen LogP contribution is 2.38. The molecule has 1 aliphatic heterocycles. The molecule has 2 heterocycles. The minimum Gasteiger partial charge on any atom is -0.444 e. The second kappa shape index (κ2) is 6.61. The Hall–Kier alpha value is -1.40. The summed E-state index contributed by atoms with van der Waals surface area (Å²) in [7, 11) is 0. The van der Waals surface area contributed by atoms with E-state index in [1.165, 1.54) is 23.4 Å². The van der Waals surface area contributed by atoms with Crippen LogP contribution in [-0.4, -0.2) is 39.8 Å². The van der Waals surface area contributed by atoms with E-state index in [4.69, 9.17) is 16.3 Å². The maximum atomic E-state index is 15.2. The predicted octanol–water partition coefficient (Wildman–Crippen LogP) is 3.51.